The lowest BCUT2D eigenvalue weighted by atomic mass is 10.2. The van der Waals surface area contributed by atoms with Gasteiger partial charge in [0.05, 0.1) is 15.5 Å². The zero-order valence-corrected chi connectivity index (χ0v) is 36.1. The standard InChI is InChI=1S/C11H14FN3O2.C11H16FN3.C6H3F2NO2.C6H15N.C5H12N2.C2H6.2CH4/c1-13-4-6-14(7-5-13)9-2-3-11(15(16)17)10(12)8-9;1-14-4-6-15(7-5-14)9-2-3-11(13)10(12)8-9;7-4-1-2-6(9(10)11)5(8)3-4;1-4-7(5-2)6-3;1-7-4-2-6-3-5-7;1-2;;/h2-3,8H,4-7H2,1H3;2-3,8H,4-7,13H2,1H3;1-3H;4-6H2,1-3H3;6H,2-5H2,1H3;1-2H3;2*1H4. The van der Waals surface area contributed by atoms with Crippen LogP contribution in [-0.4, -0.2) is 149 Å². The minimum atomic E-state index is -1.16. The lowest BCUT2D eigenvalue weighted by molar-refractivity contribution is -0.387. The number of rotatable bonds is 7. The first-order valence-corrected chi connectivity index (χ1v) is 20.2. The highest BCUT2D eigenvalue weighted by Crippen LogP contribution is 2.24. The molecule has 3 fully saturated rings. The van der Waals surface area contributed by atoms with Crippen LogP contribution in [0, 0.1) is 43.5 Å². The second-order valence-corrected chi connectivity index (χ2v) is 13.7. The van der Waals surface area contributed by atoms with Crippen LogP contribution in [0.2, 0.25) is 0 Å². The normalized spacial score (nSPS) is 15.2. The van der Waals surface area contributed by atoms with Gasteiger partial charge in [0.2, 0.25) is 11.6 Å². The molecule has 18 heteroatoms. The Balaban J connectivity index is 0. The van der Waals surface area contributed by atoms with E-state index in [2.05, 4.69) is 64.7 Å². The number of nitro groups is 2. The molecule has 6 rings (SSSR count). The fourth-order valence-corrected chi connectivity index (χ4v) is 5.76. The Morgan fingerprint density at radius 1 is 0.590 bits per heavy atom. The van der Waals surface area contributed by atoms with E-state index in [-0.39, 0.29) is 26.4 Å². The SMILES string of the molecule is C.C.CC.CCN(CC)CC.CN1CCN(c2ccc(N)c(F)c2)CC1.CN1CCN(c2ccc([N+](=O)[O-])c(F)c2)CC1.CN1CCNCC1.O=[N+]([O-])c1ccc(F)cc1F. The number of nitrogen functional groups attached to an aromatic ring is 1. The minimum absolute atomic E-state index is 0. The first-order chi connectivity index (χ1) is 28.1. The smallest absolute Gasteiger partial charge is 0.304 e. The molecule has 0 bridgehead atoms. The third kappa shape index (κ3) is 22.2. The van der Waals surface area contributed by atoms with Crippen LogP contribution in [0.4, 0.5) is 46.0 Å². The van der Waals surface area contributed by atoms with Gasteiger partial charge < -0.3 is 40.4 Å². The number of nitrogens with zero attached hydrogens (tertiary/aromatic N) is 8. The van der Waals surface area contributed by atoms with Crippen molar-refractivity contribution >= 4 is 28.4 Å². The highest BCUT2D eigenvalue weighted by molar-refractivity contribution is 5.54. The van der Waals surface area contributed by atoms with Crippen molar-refractivity contribution < 1.29 is 27.4 Å². The van der Waals surface area contributed by atoms with Crippen molar-refractivity contribution in [2.45, 2.75) is 49.5 Å². The number of anilines is 3. The maximum atomic E-state index is 13.5. The average molecular weight is 871 g/mol. The van der Waals surface area contributed by atoms with Crippen molar-refractivity contribution in [1.29, 1.82) is 0 Å². The van der Waals surface area contributed by atoms with Gasteiger partial charge in [0.25, 0.3) is 0 Å². The molecule has 3 heterocycles. The van der Waals surface area contributed by atoms with Gasteiger partial charge in [-0.25, -0.2) is 8.78 Å². The molecule has 0 spiro atoms. The summed E-state index contributed by atoms with van der Waals surface area (Å²) in [6, 6.07) is 11.2. The molecule has 3 aliphatic rings. The van der Waals surface area contributed by atoms with Crippen LogP contribution < -0.4 is 20.9 Å². The highest BCUT2D eigenvalue weighted by Gasteiger charge is 2.19. The molecule has 0 amide bonds. The predicted octanol–water partition coefficient (Wildman–Crippen LogP) is 7.69. The summed E-state index contributed by atoms with van der Waals surface area (Å²) in [6.45, 7) is 26.3. The molecule has 3 saturated heterocycles. The quantitative estimate of drug-likeness (QED) is 0.104. The van der Waals surface area contributed by atoms with Gasteiger partial charge in [0, 0.05) is 114 Å². The van der Waals surface area contributed by atoms with Gasteiger partial charge in [-0.05, 0) is 71.1 Å². The lowest BCUT2D eigenvalue weighted by Crippen LogP contribution is -2.44. The van der Waals surface area contributed by atoms with Crippen molar-refractivity contribution in [3.05, 3.63) is 98.1 Å². The third-order valence-corrected chi connectivity index (χ3v) is 9.64. The van der Waals surface area contributed by atoms with Crippen molar-refractivity contribution in [2.75, 3.05) is 135 Å². The molecule has 0 atom stereocenters. The Kier molecular flexibility index (Phi) is 30.8. The van der Waals surface area contributed by atoms with Gasteiger partial charge >= 0.3 is 11.4 Å². The third-order valence-electron chi connectivity index (χ3n) is 9.64. The molecule has 0 aromatic heterocycles. The number of nitrogens with one attached hydrogen (secondary N) is 1. The minimum Gasteiger partial charge on any atom is -0.396 e. The fourth-order valence-electron chi connectivity index (χ4n) is 5.76. The zero-order chi connectivity index (χ0) is 44.5. The number of hydrogen-bond donors (Lipinski definition) is 2. The molecule has 348 valence electrons. The number of hydrogen-bond acceptors (Lipinski definition) is 12. The molecule has 0 unspecified atom stereocenters. The predicted molar refractivity (Wildman–Crippen MR) is 245 cm³/mol. The Hall–Kier alpha value is -4.62. The number of halogens is 4. The van der Waals surface area contributed by atoms with Crippen molar-refractivity contribution in [3.63, 3.8) is 0 Å². The Morgan fingerprint density at radius 3 is 1.26 bits per heavy atom. The molecule has 3 N–H and O–H groups in total. The summed E-state index contributed by atoms with van der Waals surface area (Å²) in [5, 5.41) is 23.7. The molecule has 3 aliphatic heterocycles. The summed E-state index contributed by atoms with van der Waals surface area (Å²) in [7, 11) is 6.29. The van der Waals surface area contributed by atoms with Crippen LogP contribution in [0.15, 0.2) is 54.6 Å². The summed E-state index contributed by atoms with van der Waals surface area (Å²) >= 11 is 0. The molecule has 61 heavy (non-hydrogen) atoms. The first kappa shape index (κ1) is 58.5. The van der Waals surface area contributed by atoms with Crippen LogP contribution in [-0.2, 0) is 0 Å². The number of likely N-dealkylation sites (N-methyl/N-ethyl adjacent to an activating group) is 3. The summed E-state index contributed by atoms with van der Waals surface area (Å²) in [4.78, 5) is 32.2. The van der Waals surface area contributed by atoms with E-state index in [9.17, 15) is 37.8 Å². The van der Waals surface area contributed by atoms with E-state index in [0.29, 0.717) is 11.8 Å². The summed E-state index contributed by atoms with van der Waals surface area (Å²) in [6.07, 6.45) is 0. The van der Waals surface area contributed by atoms with Gasteiger partial charge in [-0.1, -0.05) is 49.5 Å². The van der Waals surface area contributed by atoms with E-state index in [4.69, 9.17) is 5.73 Å². The van der Waals surface area contributed by atoms with Crippen LogP contribution in [0.1, 0.15) is 49.5 Å². The maximum absolute atomic E-state index is 13.5. The number of benzene rings is 3. The summed E-state index contributed by atoms with van der Waals surface area (Å²) in [5.74, 6) is -3.08. The van der Waals surface area contributed by atoms with E-state index < -0.39 is 38.7 Å². The molecule has 0 radical (unpaired) electrons. The Bertz CT molecular complexity index is 1650. The Labute approximate surface area is 362 Å². The largest absolute Gasteiger partial charge is 0.396 e. The van der Waals surface area contributed by atoms with Crippen molar-refractivity contribution in [3.8, 4) is 0 Å². The second kappa shape index (κ2) is 32.1. The van der Waals surface area contributed by atoms with Crippen molar-refractivity contribution in [2.24, 2.45) is 0 Å². The number of nitro benzene ring substituents is 2. The molecular weight excluding hydrogens is 797 g/mol. The van der Waals surface area contributed by atoms with Crippen LogP contribution in [0.5, 0.6) is 0 Å². The monoisotopic (exact) mass is 871 g/mol. The molecule has 14 nitrogen and oxygen atoms in total. The van der Waals surface area contributed by atoms with Gasteiger partial charge in [-0.15, -0.1) is 0 Å². The van der Waals surface area contributed by atoms with Gasteiger partial charge in [-0.2, -0.15) is 8.78 Å². The molecule has 3 aromatic carbocycles. The maximum Gasteiger partial charge on any atom is 0.304 e. The zero-order valence-electron chi connectivity index (χ0n) is 36.1. The van der Waals surface area contributed by atoms with E-state index in [1.165, 1.54) is 50.9 Å². The fraction of sp³-hybridized carbons (Fsp3) is 0.581. The van der Waals surface area contributed by atoms with Gasteiger partial charge in [-0.3, -0.25) is 20.2 Å². The van der Waals surface area contributed by atoms with Crippen molar-refractivity contribution in [1.82, 2.24) is 24.9 Å². The first-order valence-electron chi connectivity index (χ1n) is 20.2. The molecule has 3 aromatic rings. The second-order valence-electron chi connectivity index (χ2n) is 13.7. The molecular formula is C43H74F4N10O4. The van der Waals surface area contributed by atoms with Gasteiger partial charge in [0.15, 0.2) is 0 Å². The summed E-state index contributed by atoms with van der Waals surface area (Å²) < 4.78 is 51.3. The number of nitrogens with two attached hydrogens (primary N) is 1. The number of piperazine rings is 3. The topological polar surface area (TPSA) is 144 Å². The van der Waals surface area contributed by atoms with Crippen LogP contribution >= 0.6 is 0 Å². The van der Waals surface area contributed by atoms with E-state index in [1.54, 1.807) is 12.1 Å². The van der Waals surface area contributed by atoms with E-state index >= 15 is 0 Å². The van der Waals surface area contributed by atoms with Gasteiger partial charge in [0.1, 0.15) is 11.6 Å². The van der Waals surface area contributed by atoms with Crippen LogP contribution in [0.3, 0.4) is 0 Å². The Morgan fingerprint density at radius 2 is 0.951 bits per heavy atom. The van der Waals surface area contributed by atoms with E-state index in [0.717, 1.165) is 83.3 Å². The van der Waals surface area contributed by atoms with E-state index in [1.807, 2.05) is 31.9 Å². The summed E-state index contributed by atoms with van der Waals surface area (Å²) in [5.41, 5.74) is 6.10. The molecule has 0 saturated carbocycles. The average Bonchev–Trinajstić information content (AvgIpc) is 3.22. The highest BCUT2D eigenvalue weighted by atomic mass is 19.1. The van der Waals surface area contributed by atoms with Crippen LogP contribution in [0.25, 0.3) is 0 Å². The molecule has 0 aliphatic carbocycles. The lowest BCUT2D eigenvalue weighted by Gasteiger charge is -2.34.